The summed E-state index contributed by atoms with van der Waals surface area (Å²) in [5.74, 6) is 1.76. The third-order valence-corrected chi connectivity index (χ3v) is 5.44. The summed E-state index contributed by atoms with van der Waals surface area (Å²) in [5, 5.41) is 11.5. The summed E-state index contributed by atoms with van der Waals surface area (Å²) in [5.41, 5.74) is 3.16. The summed E-state index contributed by atoms with van der Waals surface area (Å²) >= 11 is 0. The van der Waals surface area contributed by atoms with Crippen LogP contribution in [0.5, 0.6) is 0 Å². The maximum Gasteiger partial charge on any atom is 0.191 e. The van der Waals surface area contributed by atoms with Crippen molar-refractivity contribution in [2.75, 3.05) is 45.9 Å². The number of aryl methyl sites for hydroxylation is 1. The SMILES string of the molecule is Cc1ccn(-c2ccccc2CN=C(NCCc2ccco2)NCCN2CCOCC2)n1. The van der Waals surface area contributed by atoms with Crippen LogP contribution in [0.4, 0.5) is 0 Å². The number of aromatic nitrogens is 2. The lowest BCUT2D eigenvalue weighted by molar-refractivity contribution is 0.0389. The van der Waals surface area contributed by atoms with Crippen molar-refractivity contribution in [1.29, 1.82) is 0 Å². The number of morpholine rings is 1. The molecule has 3 heterocycles. The van der Waals surface area contributed by atoms with Crippen molar-refractivity contribution in [3.05, 3.63) is 71.9 Å². The molecule has 1 aliphatic rings. The van der Waals surface area contributed by atoms with Gasteiger partial charge in [0, 0.05) is 45.3 Å². The molecule has 2 aromatic heterocycles. The lowest BCUT2D eigenvalue weighted by Crippen LogP contribution is -2.44. The molecule has 0 saturated carbocycles. The molecule has 1 saturated heterocycles. The van der Waals surface area contributed by atoms with Gasteiger partial charge in [0.05, 0.1) is 37.4 Å². The lowest BCUT2D eigenvalue weighted by Gasteiger charge is -2.26. The Balaban J connectivity index is 1.39. The fourth-order valence-corrected chi connectivity index (χ4v) is 3.67. The summed E-state index contributed by atoms with van der Waals surface area (Å²) in [4.78, 5) is 7.28. The Morgan fingerprint density at radius 3 is 2.69 bits per heavy atom. The monoisotopic (exact) mass is 436 g/mol. The number of aliphatic imine (C=N–C) groups is 1. The van der Waals surface area contributed by atoms with Crippen LogP contribution in [0.15, 0.2) is 64.3 Å². The topological polar surface area (TPSA) is 79.9 Å². The third kappa shape index (κ3) is 6.45. The number of para-hydroxylation sites is 1. The standard InChI is InChI=1S/C24H32N6O2/c1-20-9-12-30(28-20)23-7-3-2-5-21(23)19-27-24(25-10-8-22-6-4-16-32-22)26-11-13-29-14-17-31-18-15-29/h2-7,9,12,16H,8,10-11,13-15,17-19H2,1H3,(H2,25,26,27). The molecular weight excluding hydrogens is 404 g/mol. The number of guanidine groups is 1. The average Bonchev–Trinajstić information content (AvgIpc) is 3.50. The van der Waals surface area contributed by atoms with Crippen LogP contribution in [0.25, 0.3) is 5.69 Å². The van der Waals surface area contributed by atoms with Gasteiger partial charge in [-0.25, -0.2) is 9.67 Å². The molecule has 8 heteroatoms. The quantitative estimate of drug-likeness (QED) is 0.396. The first kappa shape index (κ1) is 22.1. The molecule has 0 radical (unpaired) electrons. The normalized spacial score (nSPS) is 15.1. The Kier molecular flexibility index (Phi) is 7.94. The highest BCUT2D eigenvalue weighted by atomic mass is 16.5. The van der Waals surface area contributed by atoms with E-state index in [1.54, 1.807) is 6.26 Å². The highest BCUT2D eigenvalue weighted by Gasteiger charge is 2.10. The Bertz CT molecular complexity index is 976. The van der Waals surface area contributed by atoms with Gasteiger partial charge in [-0.2, -0.15) is 5.10 Å². The maximum absolute atomic E-state index is 5.44. The first-order chi connectivity index (χ1) is 15.8. The predicted octanol–water partition coefficient (Wildman–Crippen LogP) is 2.38. The van der Waals surface area contributed by atoms with E-state index < -0.39 is 0 Å². The molecule has 0 unspecified atom stereocenters. The van der Waals surface area contributed by atoms with Crippen LogP contribution < -0.4 is 10.6 Å². The molecule has 1 fully saturated rings. The van der Waals surface area contributed by atoms with Crippen LogP contribution in [0.3, 0.4) is 0 Å². The summed E-state index contributed by atoms with van der Waals surface area (Å²) in [6.45, 7) is 8.68. The molecule has 4 rings (SSSR count). The van der Waals surface area contributed by atoms with Gasteiger partial charge in [0.25, 0.3) is 0 Å². The van der Waals surface area contributed by atoms with Crippen LogP contribution in [0.1, 0.15) is 17.0 Å². The molecule has 0 spiro atoms. The molecule has 2 N–H and O–H groups in total. The first-order valence-corrected chi connectivity index (χ1v) is 11.2. The number of benzene rings is 1. The van der Waals surface area contributed by atoms with E-state index in [1.165, 1.54) is 0 Å². The second-order valence-corrected chi connectivity index (χ2v) is 7.83. The molecule has 0 aliphatic carbocycles. The molecule has 0 bridgehead atoms. The van der Waals surface area contributed by atoms with Gasteiger partial charge < -0.3 is 19.8 Å². The van der Waals surface area contributed by atoms with Gasteiger partial charge in [0.1, 0.15) is 5.76 Å². The van der Waals surface area contributed by atoms with E-state index in [-0.39, 0.29) is 0 Å². The van der Waals surface area contributed by atoms with Gasteiger partial charge >= 0.3 is 0 Å². The van der Waals surface area contributed by atoms with Crippen molar-refractivity contribution >= 4 is 5.96 Å². The van der Waals surface area contributed by atoms with Crippen molar-refractivity contribution in [2.24, 2.45) is 4.99 Å². The van der Waals surface area contributed by atoms with Gasteiger partial charge in [-0.15, -0.1) is 0 Å². The smallest absolute Gasteiger partial charge is 0.191 e. The fraction of sp³-hybridized carbons (Fsp3) is 0.417. The Morgan fingerprint density at radius 1 is 1.06 bits per heavy atom. The number of rotatable bonds is 9. The molecule has 0 amide bonds. The second-order valence-electron chi connectivity index (χ2n) is 7.83. The van der Waals surface area contributed by atoms with Crippen LogP contribution in [0, 0.1) is 6.92 Å². The Hall–Kier alpha value is -3.10. The fourth-order valence-electron chi connectivity index (χ4n) is 3.67. The average molecular weight is 437 g/mol. The van der Waals surface area contributed by atoms with Gasteiger partial charge in [-0.05, 0) is 36.8 Å². The highest BCUT2D eigenvalue weighted by molar-refractivity contribution is 5.79. The zero-order chi connectivity index (χ0) is 22.0. The van der Waals surface area contributed by atoms with Gasteiger partial charge in [0.15, 0.2) is 5.96 Å². The van der Waals surface area contributed by atoms with E-state index in [1.807, 2.05) is 48.1 Å². The molecule has 8 nitrogen and oxygen atoms in total. The van der Waals surface area contributed by atoms with Crippen LogP contribution in [-0.2, 0) is 17.7 Å². The van der Waals surface area contributed by atoms with Gasteiger partial charge in [0.2, 0.25) is 0 Å². The molecule has 1 aromatic carbocycles. The predicted molar refractivity (Wildman–Crippen MR) is 125 cm³/mol. The van der Waals surface area contributed by atoms with Crippen molar-refractivity contribution in [2.45, 2.75) is 19.9 Å². The van der Waals surface area contributed by atoms with Gasteiger partial charge in [-0.1, -0.05) is 18.2 Å². The molecule has 32 heavy (non-hydrogen) atoms. The molecule has 1 aliphatic heterocycles. The van der Waals surface area contributed by atoms with Crippen molar-refractivity contribution < 1.29 is 9.15 Å². The number of nitrogens with one attached hydrogen (secondary N) is 2. The van der Waals surface area contributed by atoms with Gasteiger partial charge in [-0.3, -0.25) is 4.90 Å². The van der Waals surface area contributed by atoms with Crippen LogP contribution in [-0.4, -0.2) is 66.6 Å². The zero-order valence-electron chi connectivity index (χ0n) is 18.7. The number of hydrogen-bond acceptors (Lipinski definition) is 5. The second kappa shape index (κ2) is 11.5. The van der Waals surface area contributed by atoms with Crippen molar-refractivity contribution in [1.82, 2.24) is 25.3 Å². The van der Waals surface area contributed by atoms with Crippen molar-refractivity contribution in [3.8, 4) is 5.69 Å². The molecule has 3 aromatic rings. The molecule has 0 atom stereocenters. The highest BCUT2D eigenvalue weighted by Crippen LogP contribution is 2.15. The van der Waals surface area contributed by atoms with E-state index >= 15 is 0 Å². The minimum absolute atomic E-state index is 0.558. The largest absolute Gasteiger partial charge is 0.469 e. The maximum atomic E-state index is 5.44. The van der Waals surface area contributed by atoms with E-state index in [0.29, 0.717) is 6.54 Å². The summed E-state index contributed by atoms with van der Waals surface area (Å²) in [6, 6.07) is 14.2. The number of furan rings is 1. The van der Waals surface area contributed by atoms with Crippen molar-refractivity contribution in [3.63, 3.8) is 0 Å². The Labute approximate surface area is 189 Å². The minimum atomic E-state index is 0.558. The Morgan fingerprint density at radius 2 is 1.91 bits per heavy atom. The van der Waals surface area contributed by atoms with E-state index in [0.717, 1.165) is 81.0 Å². The molecular formula is C24H32N6O2. The van der Waals surface area contributed by atoms with E-state index in [9.17, 15) is 0 Å². The van der Waals surface area contributed by atoms with E-state index in [4.69, 9.17) is 14.1 Å². The minimum Gasteiger partial charge on any atom is -0.469 e. The number of nitrogens with zero attached hydrogens (tertiary/aromatic N) is 4. The third-order valence-electron chi connectivity index (χ3n) is 5.44. The number of ether oxygens (including phenoxy) is 1. The summed E-state index contributed by atoms with van der Waals surface area (Å²) < 4.78 is 12.8. The summed E-state index contributed by atoms with van der Waals surface area (Å²) in [6.07, 6.45) is 4.50. The number of hydrogen-bond donors (Lipinski definition) is 2. The van der Waals surface area contributed by atoms with E-state index in [2.05, 4.69) is 32.8 Å². The zero-order valence-corrected chi connectivity index (χ0v) is 18.7. The first-order valence-electron chi connectivity index (χ1n) is 11.2. The molecule has 170 valence electrons. The summed E-state index contributed by atoms with van der Waals surface area (Å²) in [7, 11) is 0. The van der Waals surface area contributed by atoms with Crippen LogP contribution in [0.2, 0.25) is 0 Å². The lowest BCUT2D eigenvalue weighted by atomic mass is 10.2. The van der Waals surface area contributed by atoms with Crippen LogP contribution >= 0.6 is 0 Å².